The zero-order valence-electron chi connectivity index (χ0n) is 25.5. The van der Waals surface area contributed by atoms with Gasteiger partial charge in [-0.25, -0.2) is 0 Å². The van der Waals surface area contributed by atoms with E-state index in [1.54, 1.807) is 0 Å². The van der Waals surface area contributed by atoms with Gasteiger partial charge in [0, 0.05) is 16.8 Å². The lowest BCUT2D eigenvalue weighted by Crippen LogP contribution is -2.32. The van der Waals surface area contributed by atoms with E-state index >= 15 is 0 Å². The Morgan fingerprint density at radius 1 is 0.568 bits per heavy atom. The van der Waals surface area contributed by atoms with E-state index in [0.29, 0.717) is 5.92 Å². The van der Waals surface area contributed by atoms with Gasteiger partial charge in [0.25, 0.3) is 0 Å². The van der Waals surface area contributed by atoms with Crippen molar-refractivity contribution in [3.05, 3.63) is 144 Å². The second kappa shape index (κ2) is 13.3. The molecule has 0 spiro atoms. The topological polar surface area (TPSA) is 70.5 Å². The van der Waals surface area contributed by atoms with Gasteiger partial charge in [-0.1, -0.05) is 61.9 Å². The Morgan fingerprint density at radius 3 is 1.39 bits per heavy atom. The maximum absolute atomic E-state index is 6.12. The van der Waals surface area contributed by atoms with E-state index in [0.717, 1.165) is 60.1 Å². The van der Waals surface area contributed by atoms with Crippen LogP contribution in [0.3, 0.4) is 0 Å². The third-order valence-corrected chi connectivity index (χ3v) is 9.15. The van der Waals surface area contributed by atoms with E-state index in [1.165, 1.54) is 41.5 Å². The molecule has 0 aromatic heterocycles. The number of nitrogen functional groups attached to an aromatic ring is 2. The second-order valence-corrected chi connectivity index (χ2v) is 12.1. The van der Waals surface area contributed by atoms with Crippen LogP contribution in [0.2, 0.25) is 0 Å². The Balaban J connectivity index is 1.24. The first-order valence-electron chi connectivity index (χ1n) is 15.9. The number of hydrogen-bond donors (Lipinski definition) is 2. The van der Waals surface area contributed by atoms with E-state index in [2.05, 4.69) is 79.7 Å². The standard InChI is InChI=1S/C40H42N2O2/c1-2-3-4-29-5-7-30(8-6-29)31-25-27-40(28-26-31,32-9-17-36(18-10-32)43-38-21-13-34(41)14-22-38)33-11-19-37(20-12-33)44-39-23-15-35(42)16-24-39/h5-24,31H,2-4,25-28,41-42H2,1H3. The maximum Gasteiger partial charge on any atom is 0.127 e. The fourth-order valence-electron chi connectivity index (χ4n) is 6.55. The van der Waals surface area contributed by atoms with Gasteiger partial charge < -0.3 is 20.9 Å². The summed E-state index contributed by atoms with van der Waals surface area (Å²) >= 11 is 0. The Labute approximate surface area is 261 Å². The van der Waals surface area contributed by atoms with Crippen molar-refractivity contribution < 1.29 is 9.47 Å². The van der Waals surface area contributed by atoms with Crippen LogP contribution < -0.4 is 20.9 Å². The molecule has 6 rings (SSSR count). The van der Waals surface area contributed by atoms with Crippen LogP contribution in [0.4, 0.5) is 11.4 Å². The lowest BCUT2D eigenvalue weighted by molar-refractivity contribution is 0.314. The fraction of sp³-hybridized carbons (Fsp3) is 0.250. The number of benzene rings is 5. The summed E-state index contributed by atoms with van der Waals surface area (Å²) in [5.41, 5.74) is 18.6. The average molecular weight is 583 g/mol. The summed E-state index contributed by atoms with van der Waals surface area (Å²) < 4.78 is 12.2. The van der Waals surface area contributed by atoms with Crippen LogP contribution in [0.1, 0.15) is 73.6 Å². The minimum atomic E-state index is -0.0863. The SMILES string of the molecule is CCCCc1ccc(C2CCC(c3ccc(Oc4ccc(N)cc4)cc3)(c3ccc(Oc4ccc(N)cc4)cc3)CC2)cc1. The fourth-order valence-corrected chi connectivity index (χ4v) is 6.55. The molecule has 4 nitrogen and oxygen atoms in total. The number of nitrogens with two attached hydrogens (primary N) is 2. The van der Waals surface area contributed by atoms with Crippen LogP contribution >= 0.6 is 0 Å². The van der Waals surface area contributed by atoms with E-state index in [1.807, 2.05) is 48.5 Å². The van der Waals surface area contributed by atoms with Crippen molar-refractivity contribution >= 4 is 11.4 Å². The van der Waals surface area contributed by atoms with Crippen molar-refractivity contribution in [1.82, 2.24) is 0 Å². The molecule has 1 aliphatic carbocycles. The highest BCUT2D eigenvalue weighted by Crippen LogP contribution is 2.49. The van der Waals surface area contributed by atoms with Gasteiger partial charge in [0.2, 0.25) is 0 Å². The third kappa shape index (κ3) is 6.75. The molecule has 0 bridgehead atoms. The monoisotopic (exact) mass is 582 g/mol. The molecule has 0 radical (unpaired) electrons. The second-order valence-electron chi connectivity index (χ2n) is 12.1. The molecule has 0 unspecified atom stereocenters. The molecule has 0 amide bonds. The minimum Gasteiger partial charge on any atom is -0.457 e. The average Bonchev–Trinajstić information content (AvgIpc) is 3.07. The summed E-state index contributed by atoms with van der Waals surface area (Å²) in [4.78, 5) is 0. The van der Waals surface area contributed by atoms with Crippen molar-refractivity contribution in [3.63, 3.8) is 0 Å². The first-order chi connectivity index (χ1) is 21.5. The summed E-state index contributed by atoms with van der Waals surface area (Å²) in [6, 6.07) is 41.8. The number of aryl methyl sites for hydroxylation is 1. The predicted octanol–water partition coefficient (Wildman–Crippen LogP) is 10.4. The van der Waals surface area contributed by atoms with Crippen LogP contribution in [0, 0.1) is 0 Å². The van der Waals surface area contributed by atoms with Gasteiger partial charge in [-0.3, -0.25) is 0 Å². The summed E-state index contributed by atoms with van der Waals surface area (Å²) in [5, 5.41) is 0. The number of hydrogen-bond acceptors (Lipinski definition) is 4. The molecule has 0 atom stereocenters. The zero-order chi connectivity index (χ0) is 30.4. The maximum atomic E-state index is 6.12. The van der Waals surface area contributed by atoms with Gasteiger partial charge in [-0.15, -0.1) is 0 Å². The molecular formula is C40H42N2O2. The quantitative estimate of drug-likeness (QED) is 0.161. The normalized spacial score (nSPS) is 14.7. The van der Waals surface area contributed by atoms with Crippen LogP contribution in [0.25, 0.3) is 0 Å². The van der Waals surface area contributed by atoms with E-state index in [-0.39, 0.29) is 5.41 Å². The van der Waals surface area contributed by atoms with E-state index in [9.17, 15) is 0 Å². The van der Waals surface area contributed by atoms with Crippen LogP contribution in [-0.4, -0.2) is 0 Å². The van der Waals surface area contributed by atoms with Crippen molar-refractivity contribution in [2.24, 2.45) is 0 Å². The van der Waals surface area contributed by atoms with Crippen LogP contribution in [-0.2, 0) is 11.8 Å². The molecule has 5 aromatic rings. The smallest absolute Gasteiger partial charge is 0.127 e. The number of anilines is 2. The van der Waals surface area contributed by atoms with Gasteiger partial charge in [0.05, 0.1) is 0 Å². The Morgan fingerprint density at radius 2 is 0.977 bits per heavy atom. The molecule has 0 saturated heterocycles. The lowest BCUT2D eigenvalue weighted by atomic mass is 9.62. The molecule has 4 N–H and O–H groups in total. The largest absolute Gasteiger partial charge is 0.457 e. The Bertz CT molecular complexity index is 1520. The molecule has 0 aliphatic heterocycles. The predicted molar refractivity (Wildman–Crippen MR) is 182 cm³/mol. The van der Waals surface area contributed by atoms with E-state index in [4.69, 9.17) is 20.9 Å². The summed E-state index contributed by atoms with van der Waals surface area (Å²) in [6.07, 6.45) is 8.08. The highest BCUT2D eigenvalue weighted by molar-refractivity contribution is 5.48. The van der Waals surface area contributed by atoms with Gasteiger partial charge in [0.1, 0.15) is 23.0 Å². The molecule has 1 saturated carbocycles. The summed E-state index contributed by atoms with van der Waals surface area (Å²) in [6.45, 7) is 2.25. The lowest BCUT2D eigenvalue weighted by Gasteiger charge is -2.41. The van der Waals surface area contributed by atoms with E-state index < -0.39 is 0 Å². The Hall–Kier alpha value is -4.70. The molecule has 1 fully saturated rings. The zero-order valence-corrected chi connectivity index (χ0v) is 25.5. The van der Waals surface area contributed by atoms with Gasteiger partial charge >= 0.3 is 0 Å². The van der Waals surface area contributed by atoms with Gasteiger partial charge in [-0.05, 0) is 139 Å². The third-order valence-electron chi connectivity index (χ3n) is 9.15. The van der Waals surface area contributed by atoms with Crippen LogP contribution in [0.15, 0.2) is 121 Å². The molecule has 4 heteroatoms. The number of ether oxygens (including phenoxy) is 2. The summed E-state index contributed by atoms with van der Waals surface area (Å²) in [5.74, 6) is 3.76. The molecular weight excluding hydrogens is 540 g/mol. The van der Waals surface area contributed by atoms with Crippen molar-refractivity contribution in [2.75, 3.05) is 11.5 Å². The first kappa shape index (κ1) is 29.4. The van der Waals surface area contributed by atoms with Crippen molar-refractivity contribution in [1.29, 1.82) is 0 Å². The first-order valence-corrected chi connectivity index (χ1v) is 15.9. The van der Waals surface area contributed by atoms with Crippen molar-refractivity contribution in [3.8, 4) is 23.0 Å². The van der Waals surface area contributed by atoms with Gasteiger partial charge in [-0.2, -0.15) is 0 Å². The van der Waals surface area contributed by atoms with Crippen LogP contribution in [0.5, 0.6) is 23.0 Å². The number of unbranched alkanes of at least 4 members (excludes halogenated alkanes) is 1. The molecule has 224 valence electrons. The molecule has 0 heterocycles. The number of rotatable bonds is 10. The summed E-state index contributed by atoms with van der Waals surface area (Å²) in [7, 11) is 0. The molecule has 1 aliphatic rings. The van der Waals surface area contributed by atoms with Gasteiger partial charge in [0.15, 0.2) is 0 Å². The highest BCUT2D eigenvalue weighted by Gasteiger charge is 2.39. The molecule has 44 heavy (non-hydrogen) atoms. The molecule has 5 aromatic carbocycles. The minimum absolute atomic E-state index is 0.0863. The highest BCUT2D eigenvalue weighted by atomic mass is 16.5. The Kier molecular flexibility index (Phi) is 8.88. The van der Waals surface area contributed by atoms with Crippen molar-refractivity contribution in [2.45, 2.75) is 63.2 Å².